The Bertz CT molecular complexity index is 392. The molecular formula is C9H12N2S. The average molecular weight is 180 g/mol. The van der Waals surface area contributed by atoms with Crippen LogP contribution in [0, 0.1) is 0 Å². The lowest BCUT2D eigenvalue weighted by Crippen LogP contribution is -2.13. The minimum atomic E-state index is 0.207. The fraction of sp³-hybridized carbons (Fsp3) is 0.444. The molecule has 0 saturated carbocycles. The molecule has 2 aromatic heterocycles. The van der Waals surface area contributed by atoms with Crippen LogP contribution in [0.1, 0.15) is 26.5 Å². The predicted molar refractivity (Wildman–Crippen MR) is 51.8 cm³/mol. The zero-order valence-electron chi connectivity index (χ0n) is 7.53. The van der Waals surface area contributed by atoms with Crippen LogP contribution in [0.2, 0.25) is 0 Å². The van der Waals surface area contributed by atoms with Crippen molar-refractivity contribution in [2.24, 2.45) is 0 Å². The minimum Gasteiger partial charge on any atom is -0.293 e. The van der Waals surface area contributed by atoms with Crippen LogP contribution in [-0.4, -0.2) is 9.38 Å². The third-order valence-corrected chi connectivity index (χ3v) is 2.81. The lowest BCUT2D eigenvalue weighted by molar-refractivity contribution is 0.564. The van der Waals surface area contributed by atoms with E-state index in [-0.39, 0.29) is 5.41 Å². The number of nitrogens with zero attached hydrogens (tertiary/aromatic N) is 2. The van der Waals surface area contributed by atoms with E-state index in [4.69, 9.17) is 0 Å². The number of hydrogen-bond acceptors (Lipinski definition) is 2. The normalized spacial score (nSPS) is 12.6. The molecule has 0 aliphatic carbocycles. The first-order chi connectivity index (χ1) is 5.59. The summed E-state index contributed by atoms with van der Waals surface area (Å²) in [5.74, 6) is 0. The summed E-state index contributed by atoms with van der Waals surface area (Å²) >= 11 is 1.75. The van der Waals surface area contributed by atoms with Gasteiger partial charge in [-0.1, -0.05) is 20.8 Å². The molecule has 2 heterocycles. The van der Waals surface area contributed by atoms with Crippen molar-refractivity contribution in [2.75, 3.05) is 0 Å². The van der Waals surface area contributed by atoms with E-state index < -0.39 is 0 Å². The first-order valence-electron chi connectivity index (χ1n) is 3.99. The molecule has 0 bridgehead atoms. The van der Waals surface area contributed by atoms with E-state index in [1.54, 1.807) is 11.3 Å². The molecule has 0 fully saturated rings. The maximum atomic E-state index is 4.11. The van der Waals surface area contributed by atoms with Gasteiger partial charge in [-0.25, -0.2) is 4.98 Å². The Morgan fingerprint density at radius 2 is 2.17 bits per heavy atom. The van der Waals surface area contributed by atoms with Crippen LogP contribution >= 0.6 is 11.3 Å². The highest BCUT2D eigenvalue weighted by Gasteiger charge is 2.18. The summed E-state index contributed by atoms with van der Waals surface area (Å²) in [5.41, 5.74) is 1.54. The molecule has 0 aromatic carbocycles. The molecule has 0 amide bonds. The molecule has 0 aliphatic heterocycles. The number of rotatable bonds is 0. The van der Waals surface area contributed by atoms with E-state index in [0.717, 1.165) is 0 Å². The van der Waals surface area contributed by atoms with Crippen molar-refractivity contribution in [3.63, 3.8) is 0 Å². The van der Waals surface area contributed by atoms with Crippen molar-refractivity contribution in [2.45, 2.75) is 26.2 Å². The lowest BCUT2D eigenvalue weighted by atomic mass is 9.93. The molecule has 0 atom stereocenters. The molecule has 64 valence electrons. The largest absolute Gasteiger partial charge is 0.293 e. The highest BCUT2D eigenvalue weighted by atomic mass is 32.1. The van der Waals surface area contributed by atoms with Crippen LogP contribution < -0.4 is 0 Å². The van der Waals surface area contributed by atoms with Crippen LogP contribution in [0.3, 0.4) is 0 Å². The highest BCUT2D eigenvalue weighted by molar-refractivity contribution is 7.15. The van der Waals surface area contributed by atoms with Gasteiger partial charge in [-0.2, -0.15) is 0 Å². The fourth-order valence-electron chi connectivity index (χ4n) is 1.26. The van der Waals surface area contributed by atoms with Crippen molar-refractivity contribution >= 4 is 16.2 Å². The van der Waals surface area contributed by atoms with E-state index in [9.17, 15) is 0 Å². The van der Waals surface area contributed by atoms with Crippen molar-refractivity contribution in [1.82, 2.24) is 9.38 Å². The van der Waals surface area contributed by atoms with Gasteiger partial charge < -0.3 is 0 Å². The summed E-state index contributed by atoms with van der Waals surface area (Å²) in [6.45, 7) is 6.65. The topological polar surface area (TPSA) is 17.3 Å². The van der Waals surface area contributed by atoms with Crippen molar-refractivity contribution in [1.29, 1.82) is 0 Å². The molecule has 0 N–H and O–H groups in total. The lowest BCUT2D eigenvalue weighted by Gasteiger charge is -2.16. The quantitative estimate of drug-likeness (QED) is 0.609. The van der Waals surface area contributed by atoms with Crippen molar-refractivity contribution < 1.29 is 0 Å². The number of imidazole rings is 1. The second-order valence-electron chi connectivity index (χ2n) is 3.97. The summed E-state index contributed by atoms with van der Waals surface area (Å²) in [4.78, 5) is 5.33. The highest BCUT2D eigenvalue weighted by Crippen LogP contribution is 2.27. The standard InChI is InChI=1S/C9H12N2S/c1-9(2,3)7-5-12-8-4-10-6-11(7)8/h4-6H,1-3H3. The van der Waals surface area contributed by atoms with Gasteiger partial charge in [-0.3, -0.25) is 4.40 Å². The number of fused-ring (bicyclic) bond motifs is 1. The van der Waals surface area contributed by atoms with Gasteiger partial charge in [0.25, 0.3) is 0 Å². The SMILES string of the molecule is CC(C)(C)c1csc2cncn12. The number of hydrogen-bond donors (Lipinski definition) is 0. The molecule has 3 heteroatoms. The van der Waals surface area contributed by atoms with Crippen LogP contribution in [0.4, 0.5) is 0 Å². The van der Waals surface area contributed by atoms with Gasteiger partial charge in [0, 0.05) is 16.5 Å². The molecule has 0 saturated heterocycles. The Morgan fingerprint density at radius 3 is 2.83 bits per heavy atom. The molecule has 12 heavy (non-hydrogen) atoms. The van der Waals surface area contributed by atoms with Crippen LogP contribution in [0.25, 0.3) is 4.83 Å². The first-order valence-corrected chi connectivity index (χ1v) is 4.87. The fourth-order valence-corrected chi connectivity index (χ4v) is 2.34. The Labute approximate surface area is 75.9 Å². The Balaban J connectivity index is 2.69. The number of aromatic nitrogens is 2. The average Bonchev–Trinajstić information content (AvgIpc) is 2.37. The molecule has 0 aliphatic rings. The van der Waals surface area contributed by atoms with Crippen molar-refractivity contribution in [3.05, 3.63) is 23.6 Å². The van der Waals surface area contributed by atoms with Gasteiger partial charge in [0.1, 0.15) is 11.2 Å². The zero-order valence-corrected chi connectivity index (χ0v) is 8.35. The zero-order chi connectivity index (χ0) is 8.77. The van der Waals surface area contributed by atoms with Crippen molar-refractivity contribution in [3.8, 4) is 0 Å². The molecular weight excluding hydrogens is 168 g/mol. The molecule has 0 spiro atoms. The third-order valence-electron chi connectivity index (χ3n) is 1.92. The van der Waals surface area contributed by atoms with Gasteiger partial charge in [-0.05, 0) is 0 Å². The van der Waals surface area contributed by atoms with E-state index in [1.807, 2.05) is 12.5 Å². The molecule has 2 rings (SSSR count). The molecule has 0 radical (unpaired) electrons. The van der Waals surface area contributed by atoms with Crippen LogP contribution in [0.5, 0.6) is 0 Å². The second-order valence-corrected chi connectivity index (χ2v) is 4.86. The maximum absolute atomic E-state index is 4.11. The summed E-state index contributed by atoms with van der Waals surface area (Å²) in [6.07, 6.45) is 3.78. The molecule has 2 aromatic rings. The molecule has 0 unspecified atom stereocenters. The van der Waals surface area contributed by atoms with E-state index in [1.165, 1.54) is 10.5 Å². The van der Waals surface area contributed by atoms with Gasteiger partial charge in [0.2, 0.25) is 0 Å². The second kappa shape index (κ2) is 2.33. The van der Waals surface area contributed by atoms with Gasteiger partial charge in [0.15, 0.2) is 0 Å². The Hall–Kier alpha value is -0.830. The summed E-state index contributed by atoms with van der Waals surface area (Å²) < 4.78 is 2.16. The Kier molecular flexibility index (Phi) is 1.51. The predicted octanol–water partition coefficient (Wildman–Crippen LogP) is 2.69. The monoisotopic (exact) mass is 180 g/mol. The summed E-state index contributed by atoms with van der Waals surface area (Å²) in [7, 11) is 0. The number of thiazole rings is 1. The minimum absolute atomic E-state index is 0.207. The van der Waals surface area contributed by atoms with Gasteiger partial charge in [-0.15, -0.1) is 11.3 Å². The maximum Gasteiger partial charge on any atom is 0.119 e. The first kappa shape index (κ1) is 7.80. The van der Waals surface area contributed by atoms with Crippen LogP contribution in [0.15, 0.2) is 17.9 Å². The van der Waals surface area contributed by atoms with Gasteiger partial charge in [0.05, 0.1) is 6.20 Å². The van der Waals surface area contributed by atoms with Crippen LogP contribution in [-0.2, 0) is 5.41 Å². The van der Waals surface area contributed by atoms with E-state index in [2.05, 4.69) is 35.5 Å². The van der Waals surface area contributed by atoms with E-state index in [0.29, 0.717) is 0 Å². The van der Waals surface area contributed by atoms with Gasteiger partial charge >= 0.3 is 0 Å². The summed E-state index contributed by atoms with van der Waals surface area (Å²) in [6, 6.07) is 0. The smallest absolute Gasteiger partial charge is 0.119 e. The summed E-state index contributed by atoms with van der Waals surface area (Å²) in [5, 5.41) is 2.21. The third kappa shape index (κ3) is 1.05. The van der Waals surface area contributed by atoms with E-state index >= 15 is 0 Å². The molecule has 2 nitrogen and oxygen atoms in total. The Morgan fingerprint density at radius 1 is 1.42 bits per heavy atom.